The quantitative estimate of drug-likeness (QED) is 0.765. The van der Waals surface area contributed by atoms with Crippen LogP contribution < -0.4 is 4.90 Å². The summed E-state index contributed by atoms with van der Waals surface area (Å²) in [6.07, 6.45) is 3.46. The van der Waals surface area contributed by atoms with Gasteiger partial charge in [0.25, 0.3) is 11.8 Å². The maximum Gasteiger partial charge on any atom is 0.258 e. The van der Waals surface area contributed by atoms with Gasteiger partial charge < -0.3 is 0 Å². The highest BCUT2D eigenvalue weighted by atomic mass is 16.2. The molecule has 18 heavy (non-hydrogen) atoms. The lowest BCUT2D eigenvalue weighted by Crippen LogP contribution is -2.31. The van der Waals surface area contributed by atoms with Crippen molar-refractivity contribution in [1.29, 1.82) is 0 Å². The van der Waals surface area contributed by atoms with Crippen LogP contribution in [0.3, 0.4) is 0 Å². The van der Waals surface area contributed by atoms with E-state index < -0.39 is 0 Å². The SMILES string of the molecule is CCc1cccc(C(C)C)c1N1C(=O)C=CC1=O. The van der Waals surface area contributed by atoms with Crippen molar-refractivity contribution in [1.82, 2.24) is 0 Å². The van der Waals surface area contributed by atoms with Crippen molar-refractivity contribution in [2.45, 2.75) is 33.1 Å². The van der Waals surface area contributed by atoms with Crippen LogP contribution in [0.5, 0.6) is 0 Å². The van der Waals surface area contributed by atoms with E-state index >= 15 is 0 Å². The molecule has 1 aromatic rings. The van der Waals surface area contributed by atoms with Crippen molar-refractivity contribution in [3.8, 4) is 0 Å². The van der Waals surface area contributed by atoms with Gasteiger partial charge in [-0.2, -0.15) is 0 Å². The molecule has 1 aliphatic heterocycles. The molecule has 0 bridgehead atoms. The number of amides is 2. The first kappa shape index (κ1) is 12.6. The van der Waals surface area contributed by atoms with Gasteiger partial charge in [0.05, 0.1) is 5.69 Å². The molecule has 0 fully saturated rings. The summed E-state index contributed by atoms with van der Waals surface area (Å²) in [5.74, 6) is -0.224. The monoisotopic (exact) mass is 243 g/mol. The van der Waals surface area contributed by atoms with Gasteiger partial charge in [-0.1, -0.05) is 39.0 Å². The number of carbonyl (C=O) groups is 2. The Morgan fingerprint density at radius 3 is 2.22 bits per heavy atom. The minimum Gasteiger partial charge on any atom is -0.269 e. The van der Waals surface area contributed by atoms with Crippen LogP contribution in [0, 0.1) is 0 Å². The summed E-state index contributed by atoms with van der Waals surface area (Å²) >= 11 is 0. The molecule has 0 unspecified atom stereocenters. The average Bonchev–Trinajstić information content (AvgIpc) is 2.68. The Kier molecular flexibility index (Phi) is 3.32. The van der Waals surface area contributed by atoms with Gasteiger partial charge in [-0.05, 0) is 23.5 Å². The zero-order valence-corrected chi connectivity index (χ0v) is 10.9. The third-order valence-corrected chi connectivity index (χ3v) is 3.19. The lowest BCUT2D eigenvalue weighted by Gasteiger charge is -2.23. The van der Waals surface area contributed by atoms with Crippen LogP contribution in [0.25, 0.3) is 0 Å². The third kappa shape index (κ3) is 1.96. The number of imide groups is 1. The summed E-state index contributed by atoms with van der Waals surface area (Å²) in [5, 5.41) is 0. The fourth-order valence-electron chi connectivity index (χ4n) is 2.26. The highest BCUT2D eigenvalue weighted by molar-refractivity contribution is 6.28. The molecule has 0 aromatic heterocycles. The molecule has 0 spiro atoms. The summed E-state index contributed by atoms with van der Waals surface area (Å²) in [4.78, 5) is 25.0. The summed E-state index contributed by atoms with van der Waals surface area (Å²) in [6.45, 7) is 6.16. The summed E-state index contributed by atoms with van der Waals surface area (Å²) in [6, 6.07) is 5.94. The van der Waals surface area contributed by atoms with Gasteiger partial charge in [0.1, 0.15) is 0 Å². The molecule has 0 aliphatic carbocycles. The largest absolute Gasteiger partial charge is 0.269 e. The Morgan fingerprint density at radius 2 is 1.72 bits per heavy atom. The van der Waals surface area contributed by atoms with Crippen LogP contribution in [0.4, 0.5) is 5.69 Å². The second-order valence-corrected chi connectivity index (χ2v) is 4.71. The normalized spacial score (nSPS) is 15.0. The third-order valence-electron chi connectivity index (χ3n) is 3.19. The molecule has 2 rings (SSSR count). The lowest BCUT2D eigenvalue weighted by atomic mass is 9.96. The molecule has 94 valence electrons. The Morgan fingerprint density at radius 1 is 1.11 bits per heavy atom. The van der Waals surface area contributed by atoms with Gasteiger partial charge in [0.2, 0.25) is 0 Å². The first-order valence-corrected chi connectivity index (χ1v) is 6.24. The molecule has 0 atom stereocenters. The fourth-order valence-corrected chi connectivity index (χ4v) is 2.26. The van der Waals surface area contributed by atoms with E-state index in [9.17, 15) is 9.59 Å². The van der Waals surface area contributed by atoms with Crippen molar-refractivity contribution in [3.05, 3.63) is 41.5 Å². The fraction of sp³-hybridized carbons (Fsp3) is 0.333. The summed E-state index contributed by atoms with van der Waals surface area (Å²) < 4.78 is 0. The highest BCUT2D eigenvalue weighted by Crippen LogP contribution is 2.33. The molecule has 2 amide bonds. The summed E-state index contributed by atoms with van der Waals surface area (Å²) in [5.41, 5.74) is 2.85. The second-order valence-electron chi connectivity index (χ2n) is 4.71. The Balaban J connectivity index is 2.61. The van der Waals surface area contributed by atoms with E-state index in [1.165, 1.54) is 17.1 Å². The number of carbonyl (C=O) groups excluding carboxylic acids is 2. The second kappa shape index (κ2) is 4.77. The number of hydrogen-bond acceptors (Lipinski definition) is 2. The van der Waals surface area contributed by atoms with Crippen LogP contribution in [0.15, 0.2) is 30.4 Å². The number of para-hydroxylation sites is 1. The lowest BCUT2D eigenvalue weighted by molar-refractivity contribution is -0.120. The van der Waals surface area contributed by atoms with Crippen molar-refractivity contribution in [2.75, 3.05) is 4.90 Å². The van der Waals surface area contributed by atoms with Crippen LogP contribution >= 0.6 is 0 Å². The van der Waals surface area contributed by atoms with Gasteiger partial charge in [-0.25, -0.2) is 4.90 Å². The topological polar surface area (TPSA) is 37.4 Å². The average molecular weight is 243 g/mol. The van der Waals surface area contributed by atoms with Gasteiger partial charge in [0, 0.05) is 12.2 Å². The molecular weight excluding hydrogens is 226 g/mol. The van der Waals surface area contributed by atoms with E-state index in [1.54, 1.807) is 0 Å². The number of nitrogens with zero attached hydrogens (tertiary/aromatic N) is 1. The molecular formula is C15H17NO2. The van der Waals surface area contributed by atoms with E-state index in [2.05, 4.69) is 13.8 Å². The van der Waals surface area contributed by atoms with Crippen LogP contribution in [0.2, 0.25) is 0 Å². The molecule has 0 saturated heterocycles. The minimum absolute atomic E-state index is 0.247. The van der Waals surface area contributed by atoms with Gasteiger partial charge in [-0.3, -0.25) is 9.59 Å². The highest BCUT2D eigenvalue weighted by Gasteiger charge is 2.29. The Bertz CT molecular complexity index is 511. The van der Waals surface area contributed by atoms with Gasteiger partial charge >= 0.3 is 0 Å². The van der Waals surface area contributed by atoms with Gasteiger partial charge in [0.15, 0.2) is 0 Å². The number of rotatable bonds is 3. The molecule has 0 radical (unpaired) electrons. The molecule has 1 aromatic carbocycles. The predicted molar refractivity (Wildman–Crippen MR) is 71.5 cm³/mol. The van der Waals surface area contributed by atoms with Crippen molar-refractivity contribution < 1.29 is 9.59 Å². The molecule has 0 N–H and O–H groups in total. The van der Waals surface area contributed by atoms with Crippen molar-refractivity contribution in [2.24, 2.45) is 0 Å². The van der Waals surface area contributed by atoms with E-state index in [-0.39, 0.29) is 17.7 Å². The van der Waals surface area contributed by atoms with E-state index in [0.717, 1.165) is 23.2 Å². The Labute approximate surface area is 107 Å². The van der Waals surface area contributed by atoms with E-state index in [0.29, 0.717) is 0 Å². The molecule has 0 saturated carbocycles. The summed E-state index contributed by atoms with van der Waals surface area (Å²) in [7, 11) is 0. The number of benzene rings is 1. The van der Waals surface area contributed by atoms with Crippen LogP contribution in [0.1, 0.15) is 37.8 Å². The minimum atomic E-state index is -0.247. The zero-order valence-electron chi connectivity index (χ0n) is 10.9. The first-order chi connectivity index (χ1) is 8.56. The number of aryl methyl sites for hydroxylation is 1. The number of anilines is 1. The van der Waals surface area contributed by atoms with Crippen molar-refractivity contribution >= 4 is 17.5 Å². The van der Waals surface area contributed by atoms with Crippen LogP contribution in [-0.4, -0.2) is 11.8 Å². The molecule has 1 heterocycles. The molecule has 1 aliphatic rings. The van der Waals surface area contributed by atoms with Gasteiger partial charge in [-0.15, -0.1) is 0 Å². The smallest absolute Gasteiger partial charge is 0.258 e. The Hall–Kier alpha value is -1.90. The van der Waals surface area contributed by atoms with E-state index in [1.807, 2.05) is 25.1 Å². The molecule has 3 nitrogen and oxygen atoms in total. The molecule has 3 heteroatoms. The van der Waals surface area contributed by atoms with E-state index in [4.69, 9.17) is 0 Å². The first-order valence-electron chi connectivity index (χ1n) is 6.24. The maximum absolute atomic E-state index is 11.8. The standard InChI is InChI=1S/C15H17NO2/c1-4-11-6-5-7-12(10(2)3)15(11)16-13(17)8-9-14(16)18/h5-10H,4H2,1-3H3. The van der Waals surface area contributed by atoms with Crippen molar-refractivity contribution in [3.63, 3.8) is 0 Å². The predicted octanol–water partition coefficient (Wildman–Crippen LogP) is 2.80. The number of hydrogen-bond donors (Lipinski definition) is 0. The van der Waals surface area contributed by atoms with Crippen LogP contribution in [-0.2, 0) is 16.0 Å². The zero-order chi connectivity index (χ0) is 13.3. The maximum atomic E-state index is 11.8.